The number of hydrogen-bond acceptors (Lipinski definition) is 2. The van der Waals surface area contributed by atoms with Crippen LogP contribution in [0.5, 0.6) is 0 Å². The SMILES string of the molecule is CCC(C)NC(=O)CCNCc1ccc(Cl)cc1. The zero-order valence-electron chi connectivity index (χ0n) is 11.0. The van der Waals surface area contributed by atoms with E-state index >= 15 is 0 Å². The van der Waals surface area contributed by atoms with Gasteiger partial charge in [-0.15, -0.1) is 0 Å². The van der Waals surface area contributed by atoms with Crippen molar-refractivity contribution < 1.29 is 4.79 Å². The van der Waals surface area contributed by atoms with Crippen molar-refractivity contribution in [2.24, 2.45) is 0 Å². The Labute approximate surface area is 114 Å². The molecule has 0 aromatic heterocycles. The highest BCUT2D eigenvalue weighted by Gasteiger charge is 2.04. The topological polar surface area (TPSA) is 41.1 Å². The van der Waals surface area contributed by atoms with Crippen molar-refractivity contribution >= 4 is 17.5 Å². The fourth-order valence-electron chi connectivity index (χ4n) is 1.49. The molecule has 1 aromatic carbocycles. The Kier molecular flexibility index (Phi) is 6.76. The second kappa shape index (κ2) is 8.11. The second-order valence-corrected chi connectivity index (χ2v) is 4.87. The Morgan fingerprint density at radius 1 is 1.33 bits per heavy atom. The number of benzene rings is 1. The molecule has 18 heavy (non-hydrogen) atoms. The predicted octanol–water partition coefficient (Wildman–Crippen LogP) is 2.73. The summed E-state index contributed by atoms with van der Waals surface area (Å²) in [6.45, 7) is 5.52. The summed E-state index contributed by atoms with van der Waals surface area (Å²) in [7, 11) is 0. The quantitative estimate of drug-likeness (QED) is 0.747. The predicted molar refractivity (Wildman–Crippen MR) is 75.7 cm³/mol. The minimum absolute atomic E-state index is 0.105. The maximum absolute atomic E-state index is 11.5. The number of nitrogens with one attached hydrogen (secondary N) is 2. The first-order valence-corrected chi connectivity index (χ1v) is 6.74. The minimum atomic E-state index is 0.105. The number of hydrogen-bond donors (Lipinski definition) is 2. The smallest absolute Gasteiger partial charge is 0.221 e. The number of carbonyl (C=O) groups excluding carboxylic acids is 1. The fraction of sp³-hybridized carbons (Fsp3) is 0.500. The molecule has 1 unspecified atom stereocenters. The van der Waals surface area contributed by atoms with Crippen LogP contribution in [0.4, 0.5) is 0 Å². The van der Waals surface area contributed by atoms with E-state index in [1.165, 1.54) is 5.56 Å². The van der Waals surface area contributed by atoms with E-state index in [1.807, 2.05) is 31.2 Å². The lowest BCUT2D eigenvalue weighted by molar-refractivity contribution is -0.121. The van der Waals surface area contributed by atoms with Crippen LogP contribution < -0.4 is 10.6 Å². The van der Waals surface area contributed by atoms with E-state index in [4.69, 9.17) is 11.6 Å². The van der Waals surface area contributed by atoms with Crippen molar-refractivity contribution in [3.8, 4) is 0 Å². The highest BCUT2D eigenvalue weighted by atomic mass is 35.5. The number of rotatable bonds is 7. The van der Waals surface area contributed by atoms with Crippen LogP contribution in [-0.2, 0) is 11.3 Å². The van der Waals surface area contributed by atoms with E-state index in [2.05, 4.69) is 17.6 Å². The molecule has 0 aliphatic rings. The summed E-state index contributed by atoms with van der Waals surface area (Å²) in [5.74, 6) is 0.105. The Balaban J connectivity index is 2.15. The summed E-state index contributed by atoms with van der Waals surface area (Å²) in [4.78, 5) is 11.5. The zero-order chi connectivity index (χ0) is 13.4. The van der Waals surface area contributed by atoms with Crippen LogP contribution >= 0.6 is 11.6 Å². The number of amides is 1. The van der Waals surface area contributed by atoms with Crippen LogP contribution in [0.3, 0.4) is 0 Å². The summed E-state index contributed by atoms with van der Waals surface area (Å²) in [5.41, 5.74) is 1.17. The maximum Gasteiger partial charge on any atom is 0.221 e. The molecular weight excluding hydrogens is 248 g/mol. The summed E-state index contributed by atoms with van der Waals surface area (Å²) in [5, 5.41) is 6.92. The van der Waals surface area contributed by atoms with Crippen LogP contribution in [-0.4, -0.2) is 18.5 Å². The average Bonchev–Trinajstić information content (AvgIpc) is 2.36. The molecule has 0 radical (unpaired) electrons. The molecule has 1 aromatic rings. The van der Waals surface area contributed by atoms with Crippen LogP contribution in [0.1, 0.15) is 32.3 Å². The first kappa shape index (κ1) is 15.0. The highest BCUT2D eigenvalue weighted by molar-refractivity contribution is 6.30. The fourth-order valence-corrected chi connectivity index (χ4v) is 1.61. The molecule has 1 amide bonds. The lowest BCUT2D eigenvalue weighted by Gasteiger charge is -2.11. The first-order valence-electron chi connectivity index (χ1n) is 6.36. The van der Waals surface area contributed by atoms with Crippen molar-refractivity contribution in [1.29, 1.82) is 0 Å². The standard InChI is InChI=1S/C14H21ClN2O/c1-3-11(2)17-14(18)8-9-16-10-12-4-6-13(15)7-5-12/h4-7,11,16H,3,8-10H2,1-2H3,(H,17,18). The van der Waals surface area contributed by atoms with Gasteiger partial charge in [0.25, 0.3) is 0 Å². The van der Waals surface area contributed by atoms with E-state index in [-0.39, 0.29) is 11.9 Å². The molecule has 0 spiro atoms. The van der Waals surface area contributed by atoms with Gasteiger partial charge in [0, 0.05) is 30.6 Å². The molecule has 2 N–H and O–H groups in total. The molecule has 1 atom stereocenters. The third kappa shape index (κ3) is 6.03. The molecule has 0 saturated carbocycles. The largest absolute Gasteiger partial charge is 0.354 e. The van der Waals surface area contributed by atoms with Gasteiger partial charge in [-0.05, 0) is 31.0 Å². The van der Waals surface area contributed by atoms with E-state index < -0.39 is 0 Å². The van der Waals surface area contributed by atoms with Gasteiger partial charge in [-0.2, -0.15) is 0 Å². The van der Waals surface area contributed by atoms with Gasteiger partial charge in [0.2, 0.25) is 5.91 Å². The van der Waals surface area contributed by atoms with Gasteiger partial charge in [-0.3, -0.25) is 4.79 Å². The van der Waals surface area contributed by atoms with Crippen molar-refractivity contribution in [2.75, 3.05) is 6.54 Å². The minimum Gasteiger partial charge on any atom is -0.354 e. The van der Waals surface area contributed by atoms with Gasteiger partial charge in [0.05, 0.1) is 0 Å². The van der Waals surface area contributed by atoms with Gasteiger partial charge >= 0.3 is 0 Å². The monoisotopic (exact) mass is 268 g/mol. The molecule has 100 valence electrons. The normalized spacial score (nSPS) is 12.2. The summed E-state index contributed by atoms with van der Waals surface area (Å²) >= 11 is 5.80. The van der Waals surface area contributed by atoms with Gasteiger partial charge in [0.1, 0.15) is 0 Å². The average molecular weight is 269 g/mol. The summed E-state index contributed by atoms with van der Waals surface area (Å²) in [6, 6.07) is 7.96. The van der Waals surface area contributed by atoms with Crippen molar-refractivity contribution in [3.63, 3.8) is 0 Å². The van der Waals surface area contributed by atoms with Crippen molar-refractivity contribution in [1.82, 2.24) is 10.6 Å². The molecule has 4 heteroatoms. The van der Waals surface area contributed by atoms with Gasteiger partial charge in [-0.25, -0.2) is 0 Å². The first-order chi connectivity index (χ1) is 8.61. The third-order valence-corrected chi connectivity index (χ3v) is 3.04. The molecular formula is C14H21ClN2O. The lowest BCUT2D eigenvalue weighted by Crippen LogP contribution is -2.33. The van der Waals surface area contributed by atoms with E-state index in [1.54, 1.807) is 0 Å². The number of halogens is 1. The van der Waals surface area contributed by atoms with Crippen LogP contribution in [0.15, 0.2) is 24.3 Å². The van der Waals surface area contributed by atoms with Gasteiger partial charge in [0.15, 0.2) is 0 Å². The Bertz CT molecular complexity index is 365. The molecule has 0 bridgehead atoms. The molecule has 3 nitrogen and oxygen atoms in total. The molecule has 0 saturated heterocycles. The van der Waals surface area contributed by atoms with Gasteiger partial charge < -0.3 is 10.6 Å². The molecule has 0 aliphatic heterocycles. The highest BCUT2D eigenvalue weighted by Crippen LogP contribution is 2.08. The van der Waals surface area contributed by atoms with Crippen LogP contribution in [0, 0.1) is 0 Å². The summed E-state index contributed by atoms with van der Waals surface area (Å²) in [6.07, 6.45) is 1.47. The number of carbonyl (C=O) groups is 1. The molecule has 0 aliphatic carbocycles. The lowest BCUT2D eigenvalue weighted by atomic mass is 10.2. The summed E-state index contributed by atoms with van der Waals surface area (Å²) < 4.78 is 0. The van der Waals surface area contributed by atoms with Crippen LogP contribution in [0.25, 0.3) is 0 Å². The molecule has 1 rings (SSSR count). The van der Waals surface area contributed by atoms with E-state index in [0.29, 0.717) is 13.0 Å². The Morgan fingerprint density at radius 2 is 2.00 bits per heavy atom. The van der Waals surface area contributed by atoms with E-state index in [0.717, 1.165) is 18.0 Å². The zero-order valence-corrected chi connectivity index (χ0v) is 11.8. The van der Waals surface area contributed by atoms with Crippen molar-refractivity contribution in [2.45, 2.75) is 39.3 Å². The van der Waals surface area contributed by atoms with Crippen molar-refractivity contribution in [3.05, 3.63) is 34.9 Å². The second-order valence-electron chi connectivity index (χ2n) is 4.43. The third-order valence-electron chi connectivity index (χ3n) is 2.79. The molecule has 0 fully saturated rings. The maximum atomic E-state index is 11.5. The van der Waals surface area contributed by atoms with E-state index in [9.17, 15) is 4.79 Å². The van der Waals surface area contributed by atoms with Gasteiger partial charge in [-0.1, -0.05) is 30.7 Å². The Morgan fingerprint density at radius 3 is 2.61 bits per heavy atom. The molecule has 0 heterocycles. The van der Waals surface area contributed by atoms with Crippen LogP contribution in [0.2, 0.25) is 5.02 Å². The Hall–Kier alpha value is -1.06.